The van der Waals surface area contributed by atoms with Crippen molar-refractivity contribution in [1.29, 1.82) is 0 Å². The SMILES string of the molecule is O=C(CSc1ccccn1)NCc1nnc(SC[C@@H]2CCCO2)n1Cc1ccccc1. The van der Waals surface area contributed by atoms with E-state index in [9.17, 15) is 4.79 Å². The summed E-state index contributed by atoms with van der Waals surface area (Å²) in [4.78, 5) is 16.6. The summed E-state index contributed by atoms with van der Waals surface area (Å²) in [6.07, 6.45) is 4.22. The smallest absolute Gasteiger partial charge is 0.230 e. The van der Waals surface area contributed by atoms with Crippen LogP contribution in [0.5, 0.6) is 0 Å². The van der Waals surface area contributed by atoms with Gasteiger partial charge in [0.05, 0.1) is 30.0 Å². The zero-order valence-electron chi connectivity index (χ0n) is 17.1. The van der Waals surface area contributed by atoms with Gasteiger partial charge in [-0.15, -0.1) is 10.2 Å². The Morgan fingerprint density at radius 2 is 2.00 bits per heavy atom. The van der Waals surface area contributed by atoms with E-state index in [1.807, 2.05) is 36.4 Å². The number of carbonyl (C=O) groups is 1. The van der Waals surface area contributed by atoms with Crippen molar-refractivity contribution in [3.05, 3.63) is 66.1 Å². The van der Waals surface area contributed by atoms with Crippen LogP contribution in [0, 0.1) is 0 Å². The topological polar surface area (TPSA) is 81.9 Å². The van der Waals surface area contributed by atoms with E-state index in [4.69, 9.17) is 4.74 Å². The Kier molecular flexibility index (Phi) is 7.98. The maximum atomic E-state index is 12.3. The van der Waals surface area contributed by atoms with Crippen molar-refractivity contribution in [2.45, 2.75) is 42.2 Å². The molecule has 0 unspecified atom stereocenters. The molecule has 3 heterocycles. The lowest BCUT2D eigenvalue weighted by Crippen LogP contribution is -2.26. The minimum atomic E-state index is -0.0570. The van der Waals surface area contributed by atoms with Gasteiger partial charge in [-0.25, -0.2) is 4.98 Å². The van der Waals surface area contributed by atoms with Crippen LogP contribution in [-0.4, -0.2) is 49.9 Å². The standard InChI is InChI=1S/C22H25N5O2S2/c28-20(16-30-21-10-4-5-11-23-21)24-13-19-25-26-22(31-15-18-9-6-12-29-18)27(19)14-17-7-2-1-3-8-17/h1-5,7-8,10-11,18H,6,9,12-16H2,(H,24,28)/t18-/m0/s1. The molecule has 9 heteroatoms. The van der Waals surface area contributed by atoms with E-state index < -0.39 is 0 Å². The summed E-state index contributed by atoms with van der Waals surface area (Å²) in [5.41, 5.74) is 1.17. The fraction of sp³-hybridized carbons (Fsp3) is 0.364. The summed E-state index contributed by atoms with van der Waals surface area (Å²) in [6, 6.07) is 15.9. The summed E-state index contributed by atoms with van der Waals surface area (Å²) >= 11 is 3.08. The number of pyridine rings is 1. The number of aromatic nitrogens is 4. The summed E-state index contributed by atoms with van der Waals surface area (Å²) < 4.78 is 7.82. The highest BCUT2D eigenvalue weighted by atomic mass is 32.2. The Labute approximate surface area is 190 Å². The normalized spacial score (nSPS) is 15.8. The Balaban J connectivity index is 1.38. The fourth-order valence-electron chi connectivity index (χ4n) is 3.23. The van der Waals surface area contributed by atoms with Gasteiger partial charge < -0.3 is 14.6 Å². The third-order valence-corrected chi connectivity index (χ3v) is 6.87. The van der Waals surface area contributed by atoms with E-state index in [2.05, 4.69) is 37.2 Å². The van der Waals surface area contributed by atoms with Crippen LogP contribution in [0.4, 0.5) is 0 Å². The average Bonchev–Trinajstić information content (AvgIpc) is 3.46. The molecule has 1 aromatic carbocycles. The van der Waals surface area contributed by atoms with Crippen LogP contribution >= 0.6 is 23.5 Å². The third-order valence-electron chi connectivity index (χ3n) is 4.83. The molecule has 7 nitrogen and oxygen atoms in total. The monoisotopic (exact) mass is 455 g/mol. The molecule has 0 bridgehead atoms. The van der Waals surface area contributed by atoms with Crippen LogP contribution in [0.2, 0.25) is 0 Å². The van der Waals surface area contributed by atoms with Gasteiger partial charge in [-0.05, 0) is 30.5 Å². The van der Waals surface area contributed by atoms with E-state index in [1.54, 1.807) is 18.0 Å². The molecule has 2 aromatic heterocycles. The highest BCUT2D eigenvalue weighted by Crippen LogP contribution is 2.24. The fourth-order valence-corrected chi connectivity index (χ4v) is 4.94. The van der Waals surface area contributed by atoms with E-state index in [0.717, 1.165) is 41.2 Å². The molecule has 1 aliphatic rings. The molecule has 31 heavy (non-hydrogen) atoms. The quantitative estimate of drug-likeness (QED) is 0.469. The second-order valence-corrected chi connectivity index (χ2v) is 9.13. The van der Waals surface area contributed by atoms with Crippen LogP contribution in [-0.2, 0) is 22.6 Å². The Hall–Kier alpha value is -2.36. The maximum Gasteiger partial charge on any atom is 0.230 e. The summed E-state index contributed by atoms with van der Waals surface area (Å²) in [5, 5.41) is 13.4. The van der Waals surface area contributed by atoms with Crippen LogP contribution in [0.1, 0.15) is 24.2 Å². The van der Waals surface area contributed by atoms with E-state index in [-0.39, 0.29) is 12.0 Å². The molecule has 1 aliphatic heterocycles. The van der Waals surface area contributed by atoms with E-state index in [1.165, 1.54) is 17.3 Å². The summed E-state index contributed by atoms with van der Waals surface area (Å²) in [7, 11) is 0. The number of rotatable bonds is 10. The first-order valence-electron chi connectivity index (χ1n) is 10.3. The van der Waals surface area contributed by atoms with Crippen molar-refractivity contribution < 1.29 is 9.53 Å². The number of hydrogen-bond donors (Lipinski definition) is 1. The molecule has 4 rings (SSSR count). The maximum absolute atomic E-state index is 12.3. The van der Waals surface area contributed by atoms with Crippen LogP contribution < -0.4 is 5.32 Å². The van der Waals surface area contributed by atoms with Crippen molar-refractivity contribution in [2.75, 3.05) is 18.1 Å². The molecular weight excluding hydrogens is 430 g/mol. The molecule has 3 aromatic rings. The number of hydrogen-bond acceptors (Lipinski definition) is 7. The molecule has 1 fully saturated rings. The summed E-state index contributed by atoms with van der Waals surface area (Å²) in [5.74, 6) is 1.86. The van der Waals surface area contributed by atoms with E-state index in [0.29, 0.717) is 18.8 Å². The second-order valence-electron chi connectivity index (χ2n) is 7.15. The molecule has 162 valence electrons. The Bertz CT molecular complexity index is 963. The van der Waals surface area contributed by atoms with Crippen LogP contribution in [0.15, 0.2) is 64.9 Å². The van der Waals surface area contributed by atoms with Gasteiger partial charge in [0.2, 0.25) is 5.91 Å². The van der Waals surface area contributed by atoms with Crippen LogP contribution in [0.25, 0.3) is 0 Å². The molecule has 1 N–H and O–H groups in total. The predicted octanol–water partition coefficient (Wildman–Crippen LogP) is 3.40. The van der Waals surface area contributed by atoms with Crippen molar-refractivity contribution >= 4 is 29.4 Å². The van der Waals surface area contributed by atoms with Gasteiger partial charge in [-0.1, -0.05) is 59.9 Å². The average molecular weight is 456 g/mol. The molecule has 1 saturated heterocycles. The first-order chi connectivity index (χ1) is 15.3. The first-order valence-corrected chi connectivity index (χ1v) is 12.3. The van der Waals surface area contributed by atoms with Crippen molar-refractivity contribution in [1.82, 2.24) is 25.1 Å². The number of thioether (sulfide) groups is 2. The van der Waals surface area contributed by atoms with Crippen molar-refractivity contribution in [3.63, 3.8) is 0 Å². The number of carbonyl (C=O) groups excluding carboxylic acids is 1. The van der Waals surface area contributed by atoms with Crippen molar-refractivity contribution in [3.8, 4) is 0 Å². The molecular formula is C22H25N5O2S2. The Morgan fingerprint density at radius 3 is 2.77 bits per heavy atom. The van der Waals surface area contributed by atoms with Crippen molar-refractivity contribution in [2.24, 2.45) is 0 Å². The van der Waals surface area contributed by atoms with Gasteiger partial charge in [-0.2, -0.15) is 0 Å². The highest BCUT2D eigenvalue weighted by Gasteiger charge is 2.19. The van der Waals surface area contributed by atoms with Gasteiger partial charge in [0.1, 0.15) is 0 Å². The number of benzene rings is 1. The van der Waals surface area contributed by atoms with Gasteiger partial charge in [0, 0.05) is 18.6 Å². The van der Waals surface area contributed by atoms with Gasteiger partial charge in [0.25, 0.3) is 0 Å². The zero-order chi connectivity index (χ0) is 21.3. The molecule has 0 saturated carbocycles. The number of amides is 1. The molecule has 1 amide bonds. The Morgan fingerprint density at radius 1 is 1.13 bits per heavy atom. The molecule has 0 spiro atoms. The number of ether oxygens (including phenoxy) is 1. The second kappa shape index (κ2) is 11.3. The first kappa shape index (κ1) is 21.9. The lowest BCUT2D eigenvalue weighted by molar-refractivity contribution is -0.118. The highest BCUT2D eigenvalue weighted by molar-refractivity contribution is 8.00. The number of nitrogens with one attached hydrogen (secondary N) is 1. The minimum absolute atomic E-state index is 0.0570. The molecule has 1 atom stereocenters. The zero-order valence-corrected chi connectivity index (χ0v) is 18.8. The lowest BCUT2D eigenvalue weighted by Gasteiger charge is -2.12. The number of nitrogens with zero attached hydrogens (tertiary/aromatic N) is 4. The van der Waals surface area contributed by atoms with E-state index >= 15 is 0 Å². The minimum Gasteiger partial charge on any atom is -0.377 e. The lowest BCUT2D eigenvalue weighted by atomic mass is 10.2. The molecule has 0 radical (unpaired) electrons. The van der Waals surface area contributed by atoms with Crippen LogP contribution in [0.3, 0.4) is 0 Å². The van der Waals surface area contributed by atoms with Gasteiger partial charge in [-0.3, -0.25) is 4.79 Å². The van der Waals surface area contributed by atoms with Gasteiger partial charge >= 0.3 is 0 Å². The predicted molar refractivity (Wildman–Crippen MR) is 122 cm³/mol. The van der Waals surface area contributed by atoms with Gasteiger partial charge in [0.15, 0.2) is 11.0 Å². The third kappa shape index (κ3) is 6.56. The summed E-state index contributed by atoms with van der Waals surface area (Å²) in [6.45, 7) is 1.84. The molecule has 0 aliphatic carbocycles. The largest absolute Gasteiger partial charge is 0.377 e.